The van der Waals surface area contributed by atoms with Gasteiger partial charge in [-0.3, -0.25) is 0 Å². The van der Waals surface area contributed by atoms with E-state index in [1.54, 1.807) is 0 Å². The Morgan fingerprint density at radius 3 is 1.75 bits per heavy atom. The number of rotatable bonds is 3. The minimum atomic E-state index is -0.190. The first-order valence-electron chi connectivity index (χ1n) is 9.04. The summed E-state index contributed by atoms with van der Waals surface area (Å²) in [4.78, 5) is 0. The van der Waals surface area contributed by atoms with Crippen molar-refractivity contribution in [3.05, 3.63) is 0 Å². The first-order chi connectivity index (χ1) is 9.82. The predicted octanol–water partition coefficient (Wildman–Crippen LogP) is 4.29. The largest absolute Gasteiger partial charge is 0.396 e. The van der Waals surface area contributed by atoms with E-state index in [9.17, 15) is 10.2 Å². The van der Waals surface area contributed by atoms with Crippen LogP contribution in [-0.2, 0) is 0 Å². The van der Waals surface area contributed by atoms with Gasteiger partial charge in [0.1, 0.15) is 0 Å². The van der Waals surface area contributed by atoms with E-state index in [-0.39, 0.29) is 18.6 Å². The van der Waals surface area contributed by atoms with E-state index in [1.807, 2.05) is 0 Å². The monoisotopic (exact) mass is 282 g/mol. The summed E-state index contributed by atoms with van der Waals surface area (Å²) in [6.07, 6.45) is 16.9. The minimum Gasteiger partial charge on any atom is -0.396 e. The molecule has 0 aromatic carbocycles. The van der Waals surface area contributed by atoms with Crippen molar-refractivity contribution in [3.63, 3.8) is 0 Å². The van der Waals surface area contributed by atoms with Gasteiger partial charge in [-0.1, -0.05) is 70.6 Å². The zero-order valence-corrected chi connectivity index (χ0v) is 13.2. The number of aliphatic hydroxyl groups excluding tert-OH is 2. The summed E-state index contributed by atoms with van der Waals surface area (Å²) in [5.74, 6) is 1.30. The van der Waals surface area contributed by atoms with Crippen molar-refractivity contribution in [1.82, 2.24) is 0 Å². The molecule has 0 heterocycles. The zero-order valence-electron chi connectivity index (χ0n) is 13.2. The van der Waals surface area contributed by atoms with Crippen LogP contribution in [0.1, 0.15) is 83.5 Å². The van der Waals surface area contributed by atoms with Crippen molar-refractivity contribution in [2.24, 2.45) is 17.3 Å². The predicted molar refractivity (Wildman–Crippen MR) is 83.6 cm³/mol. The maximum atomic E-state index is 10.0. The topological polar surface area (TPSA) is 40.5 Å². The quantitative estimate of drug-likeness (QED) is 0.810. The van der Waals surface area contributed by atoms with Crippen LogP contribution in [0, 0.1) is 17.3 Å². The van der Waals surface area contributed by atoms with Crippen molar-refractivity contribution in [2.75, 3.05) is 13.2 Å². The van der Waals surface area contributed by atoms with Gasteiger partial charge >= 0.3 is 0 Å². The normalized spacial score (nSPS) is 30.0. The van der Waals surface area contributed by atoms with Crippen LogP contribution in [0.25, 0.3) is 0 Å². The Hall–Kier alpha value is -0.0800. The van der Waals surface area contributed by atoms with E-state index >= 15 is 0 Å². The lowest BCUT2D eigenvalue weighted by Crippen LogP contribution is -2.42. The van der Waals surface area contributed by atoms with E-state index in [0.717, 1.165) is 12.3 Å². The van der Waals surface area contributed by atoms with Crippen LogP contribution in [0.5, 0.6) is 0 Å². The highest BCUT2D eigenvalue weighted by Crippen LogP contribution is 2.46. The van der Waals surface area contributed by atoms with Crippen LogP contribution in [-0.4, -0.2) is 23.4 Å². The SMILES string of the molecule is OCC1(CO)CCCCCCC1C1CCCCCCC1. The molecule has 118 valence electrons. The number of hydrogen-bond donors (Lipinski definition) is 2. The summed E-state index contributed by atoms with van der Waals surface area (Å²) in [5, 5.41) is 20.1. The van der Waals surface area contributed by atoms with E-state index in [0.29, 0.717) is 5.92 Å². The molecule has 2 nitrogen and oxygen atoms in total. The Balaban J connectivity index is 2.11. The minimum absolute atomic E-state index is 0.185. The molecule has 2 fully saturated rings. The Labute approximate surface area is 125 Å². The van der Waals surface area contributed by atoms with Crippen molar-refractivity contribution in [2.45, 2.75) is 83.5 Å². The molecular weight excluding hydrogens is 248 g/mol. The van der Waals surface area contributed by atoms with E-state index < -0.39 is 0 Å². The van der Waals surface area contributed by atoms with E-state index in [4.69, 9.17) is 0 Å². The van der Waals surface area contributed by atoms with Gasteiger partial charge < -0.3 is 10.2 Å². The molecule has 0 saturated heterocycles. The molecule has 1 unspecified atom stereocenters. The second-order valence-corrected chi connectivity index (χ2v) is 7.34. The highest BCUT2D eigenvalue weighted by atomic mass is 16.3. The smallest absolute Gasteiger partial charge is 0.0512 e. The summed E-state index contributed by atoms with van der Waals surface area (Å²) >= 11 is 0. The first kappa shape index (κ1) is 16.3. The molecule has 2 aliphatic rings. The van der Waals surface area contributed by atoms with Crippen molar-refractivity contribution < 1.29 is 10.2 Å². The highest BCUT2D eigenvalue weighted by Gasteiger charge is 2.41. The first-order valence-corrected chi connectivity index (χ1v) is 9.04. The lowest BCUT2D eigenvalue weighted by Gasteiger charge is -2.44. The second-order valence-electron chi connectivity index (χ2n) is 7.34. The molecule has 0 aliphatic heterocycles. The third-order valence-corrected chi connectivity index (χ3v) is 6.08. The van der Waals surface area contributed by atoms with Crippen LogP contribution < -0.4 is 0 Å². The van der Waals surface area contributed by atoms with E-state index in [1.165, 1.54) is 77.0 Å². The molecule has 0 bridgehead atoms. The van der Waals surface area contributed by atoms with Gasteiger partial charge in [-0.05, 0) is 24.7 Å². The summed E-state index contributed by atoms with van der Waals surface area (Å²) in [7, 11) is 0. The molecule has 2 aliphatic carbocycles. The Bertz CT molecular complexity index is 252. The van der Waals surface area contributed by atoms with Crippen molar-refractivity contribution >= 4 is 0 Å². The van der Waals surface area contributed by atoms with Crippen molar-refractivity contribution in [3.8, 4) is 0 Å². The molecule has 0 spiro atoms. The molecule has 0 radical (unpaired) electrons. The molecule has 2 rings (SSSR count). The lowest BCUT2D eigenvalue weighted by atomic mass is 9.62. The molecule has 20 heavy (non-hydrogen) atoms. The van der Waals surface area contributed by atoms with Crippen LogP contribution in [0.4, 0.5) is 0 Å². The summed E-state index contributed by atoms with van der Waals surface area (Å²) in [6.45, 7) is 0.370. The fraction of sp³-hybridized carbons (Fsp3) is 1.00. The van der Waals surface area contributed by atoms with Crippen LogP contribution in [0.2, 0.25) is 0 Å². The third-order valence-electron chi connectivity index (χ3n) is 6.08. The standard InChI is InChI=1S/C18H34O2/c19-14-18(15-20)13-9-5-4-8-12-17(18)16-10-6-2-1-3-7-11-16/h16-17,19-20H,1-15H2. The van der Waals surface area contributed by atoms with Crippen LogP contribution in [0.15, 0.2) is 0 Å². The molecular formula is C18H34O2. The summed E-state index contributed by atoms with van der Waals surface area (Å²) < 4.78 is 0. The Morgan fingerprint density at radius 2 is 1.15 bits per heavy atom. The van der Waals surface area contributed by atoms with Gasteiger partial charge in [0.2, 0.25) is 0 Å². The molecule has 2 saturated carbocycles. The molecule has 2 heteroatoms. The van der Waals surface area contributed by atoms with Crippen molar-refractivity contribution in [1.29, 1.82) is 0 Å². The fourth-order valence-corrected chi connectivity index (χ4v) is 4.75. The van der Waals surface area contributed by atoms with Crippen LogP contribution in [0.3, 0.4) is 0 Å². The zero-order chi connectivity index (χ0) is 14.3. The van der Waals surface area contributed by atoms with E-state index in [2.05, 4.69) is 0 Å². The highest BCUT2D eigenvalue weighted by molar-refractivity contribution is 4.91. The molecule has 2 N–H and O–H groups in total. The summed E-state index contributed by atoms with van der Waals surface area (Å²) in [6, 6.07) is 0. The Kier molecular flexibility index (Phi) is 6.83. The van der Waals surface area contributed by atoms with Gasteiger partial charge in [0, 0.05) is 5.41 Å². The number of aliphatic hydroxyl groups is 2. The molecule has 1 atom stereocenters. The number of hydrogen-bond acceptors (Lipinski definition) is 2. The van der Waals surface area contributed by atoms with Gasteiger partial charge in [0.15, 0.2) is 0 Å². The lowest BCUT2D eigenvalue weighted by molar-refractivity contribution is -0.0414. The maximum absolute atomic E-state index is 10.0. The van der Waals surface area contributed by atoms with Gasteiger partial charge in [0.05, 0.1) is 13.2 Å². The fourth-order valence-electron chi connectivity index (χ4n) is 4.75. The maximum Gasteiger partial charge on any atom is 0.0512 e. The second kappa shape index (κ2) is 8.38. The van der Waals surface area contributed by atoms with Gasteiger partial charge in [-0.15, -0.1) is 0 Å². The molecule has 0 aromatic heterocycles. The average molecular weight is 282 g/mol. The summed E-state index contributed by atoms with van der Waals surface area (Å²) in [5.41, 5.74) is -0.190. The van der Waals surface area contributed by atoms with Gasteiger partial charge in [0.25, 0.3) is 0 Å². The van der Waals surface area contributed by atoms with Gasteiger partial charge in [-0.2, -0.15) is 0 Å². The Morgan fingerprint density at radius 1 is 0.650 bits per heavy atom. The molecule has 0 amide bonds. The third kappa shape index (κ3) is 3.98. The average Bonchev–Trinajstić information content (AvgIpc) is 2.41. The van der Waals surface area contributed by atoms with Crippen LogP contribution >= 0.6 is 0 Å². The van der Waals surface area contributed by atoms with Gasteiger partial charge in [-0.25, -0.2) is 0 Å². The molecule has 0 aromatic rings.